The van der Waals surface area contributed by atoms with Gasteiger partial charge in [0, 0.05) is 18.1 Å². The van der Waals surface area contributed by atoms with E-state index in [4.69, 9.17) is 10.2 Å². The van der Waals surface area contributed by atoms with Crippen LogP contribution in [-0.2, 0) is 15.0 Å². The van der Waals surface area contributed by atoms with Crippen molar-refractivity contribution in [1.29, 1.82) is 0 Å². The van der Waals surface area contributed by atoms with E-state index in [2.05, 4.69) is 30.6 Å². The fraction of sp³-hybridized carbons (Fsp3) is 0.312. The smallest absolute Gasteiger partial charge is 0.405 e. The van der Waals surface area contributed by atoms with Gasteiger partial charge in [0.15, 0.2) is 5.13 Å². The van der Waals surface area contributed by atoms with Crippen molar-refractivity contribution >= 4 is 50.3 Å². The van der Waals surface area contributed by atoms with Crippen LogP contribution in [0.4, 0.5) is 15.6 Å². The second-order valence-corrected chi connectivity index (χ2v) is 8.40. The molecule has 0 aliphatic heterocycles. The predicted molar refractivity (Wildman–Crippen MR) is 113 cm³/mol. The summed E-state index contributed by atoms with van der Waals surface area (Å²) >= 11 is 1.00. The highest BCUT2D eigenvalue weighted by Crippen LogP contribution is 2.17. The molecule has 1 atom stereocenters. The van der Waals surface area contributed by atoms with E-state index in [-0.39, 0.29) is 23.8 Å². The van der Waals surface area contributed by atoms with Gasteiger partial charge in [-0.25, -0.2) is 19.6 Å². The first-order valence-electron chi connectivity index (χ1n) is 8.88. The number of nitrogens with two attached hydrogens (primary N) is 1. The fourth-order valence-corrected chi connectivity index (χ4v) is 3.49. The number of unbranched alkanes of at least 4 members (excludes halogenated alkanes) is 1. The predicted octanol–water partition coefficient (Wildman–Crippen LogP) is 0.329. The first-order valence-corrected chi connectivity index (χ1v) is 11.3. The molecule has 0 spiro atoms. The van der Waals surface area contributed by atoms with E-state index >= 15 is 0 Å². The summed E-state index contributed by atoms with van der Waals surface area (Å²) in [7, 11) is -3.81. The number of rotatable bonds is 11. The van der Waals surface area contributed by atoms with Crippen molar-refractivity contribution in [2.75, 3.05) is 17.2 Å². The first-order chi connectivity index (χ1) is 14.6. The number of thiazole rings is 1. The number of aromatic nitrogens is 2. The minimum absolute atomic E-state index is 0.0577. The number of hydrogen-bond donors (Lipinski definition) is 6. The highest BCUT2D eigenvalue weighted by atomic mass is 32.2. The maximum Gasteiger partial charge on any atom is 0.405 e. The SMILES string of the molecule is NS(=O)(=O)NCCCCC(NC(=O)O)C(=O)Nc1nc(C(=O)Nc2cccnc2)cs1. The molecule has 168 valence electrons. The Labute approximate surface area is 181 Å². The molecular weight excluding hydrogens is 450 g/mol. The highest BCUT2D eigenvalue weighted by Gasteiger charge is 2.22. The van der Waals surface area contributed by atoms with Crippen LogP contribution in [0.1, 0.15) is 29.8 Å². The number of anilines is 2. The second-order valence-electron chi connectivity index (χ2n) is 6.16. The monoisotopic (exact) mass is 471 g/mol. The lowest BCUT2D eigenvalue weighted by molar-refractivity contribution is -0.118. The van der Waals surface area contributed by atoms with Gasteiger partial charge < -0.3 is 21.1 Å². The summed E-state index contributed by atoms with van der Waals surface area (Å²) in [5, 5.41) is 22.5. The third-order valence-corrected chi connectivity index (χ3v) is 5.09. The summed E-state index contributed by atoms with van der Waals surface area (Å²) in [5.41, 5.74) is 0.551. The van der Waals surface area contributed by atoms with E-state index < -0.39 is 34.2 Å². The average molecular weight is 472 g/mol. The summed E-state index contributed by atoms with van der Waals surface area (Å²) in [4.78, 5) is 43.5. The molecule has 0 aliphatic rings. The molecule has 1 unspecified atom stereocenters. The molecule has 0 fully saturated rings. The lowest BCUT2D eigenvalue weighted by atomic mass is 10.1. The molecule has 0 saturated carbocycles. The Morgan fingerprint density at radius 3 is 2.65 bits per heavy atom. The summed E-state index contributed by atoms with van der Waals surface area (Å²) in [6.45, 7) is 0.0577. The van der Waals surface area contributed by atoms with Crippen LogP contribution >= 0.6 is 11.3 Å². The molecule has 0 radical (unpaired) electrons. The number of hydrogen-bond acceptors (Lipinski definition) is 8. The Morgan fingerprint density at radius 2 is 2.00 bits per heavy atom. The maximum absolute atomic E-state index is 12.4. The van der Waals surface area contributed by atoms with Gasteiger partial charge in [0.25, 0.3) is 16.1 Å². The molecule has 3 amide bonds. The third-order valence-electron chi connectivity index (χ3n) is 3.72. The minimum atomic E-state index is -3.81. The Kier molecular flexibility index (Phi) is 8.80. The zero-order valence-electron chi connectivity index (χ0n) is 16.1. The Hall–Kier alpha value is -3.14. The van der Waals surface area contributed by atoms with Crippen molar-refractivity contribution in [3.05, 3.63) is 35.6 Å². The number of nitrogens with zero attached hydrogens (tertiary/aromatic N) is 2. The van der Waals surface area contributed by atoms with Crippen LogP contribution in [-0.4, -0.2) is 54.0 Å². The molecule has 15 heteroatoms. The zero-order valence-corrected chi connectivity index (χ0v) is 17.7. The quantitative estimate of drug-likeness (QED) is 0.251. The zero-order chi connectivity index (χ0) is 22.9. The van der Waals surface area contributed by atoms with E-state index in [0.29, 0.717) is 18.5 Å². The molecule has 7 N–H and O–H groups in total. The normalized spacial score (nSPS) is 12.0. The average Bonchev–Trinajstić information content (AvgIpc) is 3.15. The van der Waals surface area contributed by atoms with Gasteiger partial charge in [-0.2, -0.15) is 8.42 Å². The first kappa shape index (κ1) is 24.1. The molecule has 31 heavy (non-hydrogen) atoms. The number of amides is 3. The van der Waals surface area contributed by atoms with Gasteiger partial charge >= 0.3 is 6.09 Å². The molecule has 0 aliphatic carbocycles. The van der Waals surface area contributed by atoms with Crippen molar-refractivity contribution < 1.29 is 27.9 Å². The van der Waals surface area contributed by atoms with Gasteiger partial charge in [-0.05, 0) is 31.4 Å². The van der Waals surface area contributed by atoms with Crippen LogP contribution in [0, 0.1) is 0 Å². The van der Waals surface area contributed by atoms with Crippen LogP contribution in [0.25, 0.3) is 0 Å². The molecule has 2 aromatic rings. The van der Waals surface area contributed by atoms with Crippen molar-refractivity contribution in [3.8, 4) is 0 Å². The number of nitrogens with one attached hydrogen (secondary N) is 4. The van der Waals surface area contributed by atoms with Crippen molar-refractivity contribution in [2.45, 2.75) is 25.3 Å². The van der Waals surface area contributed by atoms with E-state index in [1.165, 1.54) is 11.6 Å². The van der Waals surface area contributed by atoms with E-state index in [0.717, 1.165) is 11.3 Å². The van der Waals surface area contributed by atoms with Gasteiger partial charge in [-0.3, -0.25) is 14.6 Å². The molecule has 0 saturated heterocycles. The van der Waals surface area contributed by atoms with Crippen LogP contribution in [0.2, 0.25) is 0 Å². The molecular formula is C16H21N7O6S2. The van der Waals surface area contributed by atoms with Gasteiger partial charge in [-0.1, -0.05) is 0 Å². The standard InChI is InChI=1S/C16H21N7O6S2/c17-31(28,29)19-7-2-1-5-11(22-16(26)27)13(24)23-15-21-12(9-30-15)14(25)20-10-4-3-6-18-8-10/h3-4,6,8-9,11,19,22H,1-2,5,7H2,(H,20,25)(H,26,27)(H2,17,28,29)(H,21,23,24). The topological polar surface area (TPSA) is 206 Å². The van der Waals surface area contributed by atoms with Gasteiger partial charge in [0.05, 0.1) is 11.9 Å². The van der Waals surface area contributed by atoms with E-state index in [1.54, 1.807) is 18.3 Å². The molecule has 13 nitrogen and oxygen atoms in total. The lowest BCUT2D eigenvalue weighted by Gasteiger charge is -2.15. The van der Waals surface area contributed by atoms with Crippen LogP contribution < -0.4 is 25.8 Å². The molecule has 0 bridgehead atoms. The van der Waals surface area contributed by atoms with Crippen molar-refractivity contribution in [3.63, 3.8) is 0 Å². The molecule has 2 aromatic heterocycles. The summed E-state index contributed by atoms with van der Waals surface area (Å²) in [5.74, 6) is -1.15. The Balaban J connectivity index is 1.90. The summed E-state index contributed by atoms with van der Waals surface area (Å²) in [6, 6.07) is 2.22. The second kappa shape index (κ2) is 11.3. The van der Waals surface area contributed by atoms with Crippen LogP contribution in [0.15, 0.2) is 29.9 Å². The Bertz CT molecular complexity index is 1010. The lowest BCUT2D eigenvalue weighted by Crippen LogP contribution is -2.43. The van der Waals surface area contributed by atoms with Gasteiger partial charge in [-0.15, -0.1) is 11.3 Å². The number of carbonyl (C=O) groups is 3. The fourth-order valence-electron chi connectivity index (χ4n) is 2.37. The van der Waals surface area contributed by atoms with Crippen LogP contribution in [0.5, 0.6) is 0 Å². The highest BCUT2D eigenvalue weighted by molar-refractivity contribution is 7.87. The number of carboxylic acid groups (broad SMARTS) is 1. The number of carbonyl (C=O) groups excluding carboxylic acids is 2. The molecule has 0 aromatic carbocycles. The van der Waals surface area contributed by atoms with Gasteiger partial charge in [0.2, 0.25) is 5.91 Å². The summed E-state index contributed by atoms with van der Waals surface area (Å²) in [6.07, 6.45) is 2.44. The largest absolute Gasteiger partial charge is 0.465 e. The summed E-state index contributed by atoms with van der Waals surface area (Å²) < 4.78 is 23.7. The van der Waals surface area contributed by atoms with Crippen LogP contribution in [0.3, 0.4) is 0 Å². The van der Waals surface area contributed by atoms with E-state index in [9.17, 15) is 22.8 Å². The van der Waals surface area contributed by atoms with E-state index in [1.807, 2.05) is 0 Å². The minimum Gasteiger partial charge on any atom is -0.465 e. The maximum atomic E-state index is 12.4. The third kappa shape index (κ3) is 9.04. The number of pyridine rings is 1. The van der Waals surface area contributed by atoms with Crippen molar-refractivity contribution in [1.82, 2.24) is 20.0 Å². The van der Waals surface area contributed by atoms with Gasteiger partial charge in [0.1, 0.15) is 11.7 Å². The van der Waals surface area contributed by atoms with Crippen molar-refractivity contribution in [2.24, 2.45) is 5.14 Å². The molecule has 2 rings (SSSR count). The Morgan fingerprint density at radius 1 is 1.23 bits per heavy atom. The molecule has 2 heterocycles.